The molecule has 1 aromatic heterocycles. The number of nitrogens with zero attached hydrogens (tertiary/aromatic N) is 2. The predicted molar refractivity (Wildman–Crippen MR) is 38.1 cm³/mol. The average Bonchev–Trinajstić information content (AvgIpc) is 1.93. The van der Waals surface area contributed by atoms with Gasteiger partial charge in [0.15, 0.2) is 0 Å². The van der Waals surface area contributed by atoms with Gasteiger partial charge in [0.05, 0.1) is 0 Å². The number of carbonyl (C=O) groups excluding carboxylic acids is 1. The number of aromatic nitrogens is 2. The van der Waals surface area contributed by atoms with Crippen LogP contribution in [0.1, 0.15) is 12.5 Å². The van der Waals surface area contributed by atoms with E-state index >= 15 is 0 Å². The Bertz CT molecular complexity index is 256. The molecule has 0 saturated heterocycles. The van der Waals surface area contributed by atoms with Crippen molar-refractivity contribution < 1.29 is 9.53 Å². The number of ether oxygens (including phenoxy) is 1. The molecule has 0 aliphatic rings. The summed E-state index contributed by atoms with van der Waals surface area (Å²) < 4.78 is 4.61. The molecule has 4 nitrogen and oxygen atoms in total. The molecule has 1 rings (SSSR count). The Morgan fingerprint density at radius 3 is 2.45 bits per heavy atom. The van der Waals surface area contributed by atoms with Crippen LogP contribution >= 0.6 is 0 Å². The van der Waals surface area contributed by atoms with Gasteiger partial charge in [0.1, 0.15) is 0 Å². The third-order valence-corrected chi connectivity index (χ3v) is 0.992. The molecule has 1 heterocycles. The smallest absolute Gasteiger partial charge is 0.324 e. The number of hydrogen-bond donors (Lipinski definition) is 0. The van der Waals surface area contributed by atoms with E-state index < -0.39 is 5.97 Å². The number of rotatable bonds is 1. The highest BCUT2D eigenvalue weighted by Gasteiger charge is 1.98. The Morgan fingerprint density at radius 1 is 1.45 bits per heavy atom. The molecular weight excluding hydrogens is 144 g/mol. The minimum atomic E-state index is -0.408. The molecular formula is C7H8N2O2. The second kappa shape index (κ2) is 3.09. The van der Waals surface area contributed by atoms with Gasteiger partial charge in [0.2, 0.25) is 0 Å². The maximum Gasteiger partial charge on any atom is 0.324 e. The molecule has 0 spiro atoms. The molecule has 0 aromatic carbocycles. The SMILES string of the molecule is CC(=O)Oc1ncc(C)cn1. The van der Waals surface area contributed by atoms with Gasteiger partial charge in [-0.05, 0) is 12.5 Å². The minimum absolute atomic E-state index is 0.100. The van der Waals surface area contributed by atoms with Gasteiger partial charge in [-0.3, -0.25) is 4.79 Å². The predicted octanol–water partition coefficient (Wildman–Crippen LogP) is 0.710. The number of esters is 1. The fraction of sp³-hybridized carbons (Fsp3) is 0.286. The van der Waals surface area contributed by atoms with Gasteiger partial charge in [0.25, 0.3) is 0 Å². The minimum Gasteiger partial charge on any atom is -0.391 e. The van der Waals surface area contributed by atoms with Crippen LogP contribution in [0, 0.1) is 6.92 Å². The first kappa shape index (κ1) is 7.65. The molecule has 0 saturated carbocycles. The standard InChI is InChI=1S/C7H8N2O2/c1-5-3-8-7(9-4-5)11-6(2)10/h3-4H,1-2H3. The summed E-state index contributed by atoms with van der Waals surface area (Å²) >= 11 is 0. The summed E-state index contributed by atoms with van der Waals surface area (Å²) in [6.45, 7) is 3.17. The van der Waals surface area contributed by atoms with Crippen LogP contribution in [0.5, 0.6) is 6.01 Å². The first-order valence-electron chi connectivity index (χ1n) is 3.15. The zero-order chi connectivity index (χ0) is 8.27. The molecule has 0 radical (unpaired) electrons. The molecule has 0 amide bonds. The first-order valence-corrected chi connectivity index (χ1v) is 3.15. The average molecular weight is 152 g/mol. The van der Waals surface area contributed by atoms with E-state index in [-0.39, 0.29) is 6.01 Å². The van der Waals surface area contributed by atoms with Crippen molar-refractivity contribution in [1.29, 1.82) is 0 Å². The van der Waals surface area contributed by atoms with Gasteiger partial charge in [0, 0.05) is 19.3 Å². The van der Waals surface area contributed by atoms with Crippen molar-refractivity contribution in [3.05, 3.63) is 18.0 Å². The van der Waals surface area contributed by atoms with Gasteiger partial charge in [-0.1, -0.05) is 0 Å². The van der Waals surface area contributed by atoms with Crippen LogP contribution in [-0.2, 0) is 4.79 Å². The third kappa shape index (κ3) is 2.33. The van der Waals surface area contributed by atoms with E-state index in [0.29, 0.717) is 0 Å². The van der Waals surface area contributed by atoms with Gasteiger partial charge in [-0.25, -0.2) is 9.97 Å². The molecule has 0 unspecified atom stereocenters. The summed E-state index contributed by atoms with van der Waals surface area (Å²) in [5.41, 5.74) is 0.931. The lowest BCUT2D eigenvalue weighted by molar-refractivity contribution is -0.132. The highest BCUT2D eigenvalue weighted by Crippen LogP contribution is 2.00. The molecule has 0 aliphatic heterocycles. The second-order valence-electron chi connectivity index (χ2n) is 2.14. The van der Waals surface area contributed by atoms with Crippen molar-refractivity contribution in [3.8, 4) is 6.01 Å². The van der Waals surface area contributed by atoms with Crippen LogP contribution in [0.15, 0.2) is 12.4 Å². The van der Waals surface area contributed by atoms with Crippen molar-refractivity contribution in [2.24, 2.45) is 0 Å². The number of carbonyl (C=O) groups is 1. The quantitative estimate of drug-likeness (QED) is 0.556. The first-order chi connectivity index (χ1) is 5.18. The van der Waals surface area contributed by atoms with Crippen molar-refractivity contribution >= 4 is 5.97 Å². The molecule has 11 heavy (non-hydrogen) atoms. The Labute approximate surface area is 64.2 Å². The van der Waals surface area contributed by atoms with Crippen LogP contribution in [-0.4, -0.2) is 15.9 Å². The lowest BCUT2D eigenvalue weighted by Crippen LogP contribution is -2.04. The van der Waals surface area contributed by atoms with E-state index in [9.17, 15) is 4.79 Å². The lowest BCUT2D eigenvalue weighted by Gasteiger charge is -1.96. The van der Waals surface area contributed by atoms with Gasteiger partial charge in [-0.15, -0.1) is 0 Å². The Morgan fingerprint density at radius 2 is 2.00 bits per heavy atom. The summed E-state index contributed by atoms with van der Waals surface area (Å²) in [7, 11) is 0. The highest BCUT2D eigenvalue weighted by molar-refractivity contribution is 5.68. The third-order valence-electron chi connectivity index (χ3n) is 0.992. The van der Waals surface area contributed by atoms with Gasteiger partial charge < -0.3 is 4.74 Å². The van der Waals surface area contributed by atoms with E-state index in [1.165, 1.54) is 6.92 Å². The Hall–Kier alpha value is -1.45. The summed E-state index contributed by atoms with van der Waals surface area (Å²) in [5.74, 6) is -0.408. The number of hydrogen-bond acceptors (Lipinski definition) is 4. The second-order valence-corrected chi connectivity index (χ2v) is 2.14. The summed E-state index contributed by atoms with van der Waals surface area (Å²) in [6.07, 6.45) is 3.18. The molecule has 0 fully saturated rings. The Balaban J connectivity index is 2.74. The fourth-order valence-corrected chi connectivity index (χ4v) is 0.562. The van der Waals surface area contributed by atoms with Crippen LogP contribution in [0.2, 0.25) is 0 Å². The highest BCUT2D eigenvalue weighted by atomic mass is 16.5. The van der Waals surface area contributed by atoms with E-state index in [2.05, 4.69) is 14.7 Å². The van der Waals surface area contributed by atoms with Gasteiger partial charge in [-0.2, -0.15) is 0 Å². The zero-order valence-corrected chi connectivity index (χ0v) is 6.37. The van der Waals surface area contributed by atoms with Crippen LogP contribution in [0.25, 0.3) is 0 Å². The molecule has 1 aromatic rings. The van der Waals surface area contributed by atoms with Crippen molar-refractivity contribution in [2.75, 3.05) is 0 Å². The normalized spacial score (nSPS) is 9.27. The maximum atomic E-state index is 10.4. The van der Waals surface area contributed by atoms with E-state index in [1.807, 2.05) is 6.92 Å². The van der Waals surface area contributed by atoms with Gasteiger partial charge >= 0.3 is 12.0 Å². The van der Waals surface area contributed by atoms with Crippen molar-refractivity contribution in [1.82, 2.24) is 9.97 Å². The molecule has 0 N–H and O–H groups in total. The van der Waals surface area contributed by atoms with Crippen LogP contribution in [0.4, 0.5) is 0 Å². The summed E-state index contributed by atoms with van der Waals surface area (Å²) in [4.78, 5) is 17.9. The maximum absolute atomic E-state index is 10.4. The molecule has 0 bridgehead atoms. The zero-order valence-electron chi connectivity index (χ0n) is 6.37. The number of aryl methyl sites for hydroxylation is 1. The summed E-state index contributed by atoms with van der Waals surface area (Å²) in [6, 6.07) is 0.100. The monoisotopic (exact) mass is 152 g/mol. The topological polar surface area (TPSA) is 52.1 Å². The van der Waals surface area contributed by atoms with Crippen molar-refractivity contribution in [2.45, 2.75) is 13.8 Å². The van der Waals surface area contributed by atoms with E-state index in [1.54, 1.807) is 12.4 Å². The van der Waals surface area contributed by atoms with Crippen LogP contribution < -0.4 is 4.74 Å². The summed E-state index contributed by atoms with van der Waals surface area (Å²) in [5, 5.41) is 0. The van der Waals surface area contributed by atoms with E-state index in [4.69, 9.17) is 0 Å². The largest absolute Gasteiger partial charge is 0.391 e. The fourth-order valence-electron chi connectivity index (χ4n) is 0.562. The van der Waals surface area contributed by atoms with E-state index in [0.717, 1.165) is 5.56 Å². The molecule has 0 aliphatic carbocycles. The molecule has 4 heteroatoms. The molecule has 58 valence electrons. The van der Waals surface area contributed by atoms with Crippen LogP contribution in [0.3, 0.4) is 0 Å². The lowest BCUT2D eigenvalue weighted by atomic mass is 10.4. The molecule has 0 atom stereocenters. The van der Waals surface area contributed by atoms with Crippen molar-refractivity contribution in [3.63, 3.8) is 0 Å². The Kier molecular flexibility index (Phi) is 2.15.